The molecule has 4 heterocycles. The van der Waals surface area contributed by atoms with E-state index in [1.54, 1.807) is 0 Å². The van der Waals surface area contributed by atoms with Crippen LogP contribution in [0.3, 0.4) is 0 Å². The molecule has 8 aromatic carbocycles. The van der Waals surface area contributed by atoms with E-state index in [0.29, 0.717) is 17.5 Å². The summed E-state index contributed by atoms with van der Waals surface area (Å²) in [6.45, 7) is 0. The summed E-state index contributed by atoms with van der Waals surface area (Å²) in [5, 5.41) is 7.56. The predicted molar refractivity (Wildman–Crippen MR) is 242 cm³/mol. The van der Waals surface area contributed by atoms with Gasteiger partial charge in [-0.15, -0.1) is 22.7 Å². The average Bonchev–Trinajstić information content (AvgIpc) is 3.96. The van der Waals surface area contributed by atoms with Gasteiger partial charge in [-0.2, -0.15) is 0 Å². The normalized spacial score (nSPS) is 11.9. The molecule has 0 N–H and O–H groups in total. The van der Waals surface area contributed by atoms with E-state index in [-0.39, 0.29) is 0 Å². The van der Waals surface area contributed by atoms with Crippen molar-refractivity contribution in [2.45, 2.75) is 0 Å². The Labute approximate surface area is 335 Å². The molecule has 0 bridgehead atoms. The van der Waals surface area contributed by atoms with E-state index in [2.05, 4.69) is 150 Å². The smallest absolute Gasteiger partial charge is 0.164 e. The number of benzene rings is 8. The molecule has 6 heteroatoms. The number of hydrogen-bond donors (Lipinski definition) is 0. The number of fused-ring (bicyclic) bond motifs is 9. The molecule has 4 aromatic heterocycles. The minimum atomic E-state index is 0.659. The molecule has 12 rings (SSSR count). The summed E-state index contributed by atoms with van der Waals surface area (Å²) in [5.74, 6) is 1.98. The van der Waals surface area contributed by atoms with Crippen LogP contribution in [0, 0.1) is 0 Å². The van der Waals surface area contributed by atoms with Gasteiger partial charge in [-0.3, -0.25) is 0 Å². The highest BCUT2D eigenvalue weighted by Gasteiger charge is 2.19. The topological polar surface area (TPSA) is 43.6 Å². The molecule has 0 aliphatic carbocycles. The molecule has 0 saturated carbocycles. The van der Waals surface area contributed by atoms with Crippen molar-refractivity contribution in [2.24, 2.45) is 0 Å². The number of thiophene rings is 2. The quantitative estimate of drug-likeness (QED) is 0.175. The molecule has 0 fully saturated rings. The highest BCUT2D eigenvalue weighted by atomic mass is 32.1. The average molecular weight is 763 g/mol. The van der Waals surface area contributed by atoms with E-state index in [0.717, 1.165) is 16.7 Å². The van der Waals surface area contributed by atoms with Gasteiger partial charge in [-0.25, -0.2) is 15.0 Å². The number of nitrogens with zero attached hydrogens (tertiary/aromatic N) is 4. The van der Waals surface area contributed by atoms with Gasteiger partial charge in [0.15, 0.2) is 17.5 Å². The molecule has 0 spiro atoms. The number of rotatable bonds is 5. The zero-order valence-electron chi connectivity index (χ0n) is 30.4. The second-order valence-corrected chi connectivity index (χ2v) is 16.5. The van der Waals surface area contributed by atoms with Crippen molar-refractivity contribution in [3.8, 4) is 51.0 Å². The predicted octanol–water partition coefficient (Wildman–Crippen LogP) is 14.4. The van der Waals surface area contributed by atoms with Gasteiger partial charge >= 0.3 is 0 Å². The van der Waals surface area contributed by atoms with Crippen LogP contribution in [0.25, 0.3) is 113 Å². The van der Waals surface area contributed by atoms with Gasteiger partial charge in [-0.1, -0.05) is 127 Å². The Morgan fingerprint density at radius 2 is 0.912 bits per heavy atom. The summed E-state index contributed by atoms with van der Waals surface area (Å²) >= 11 is 3.71. The van der Waals surface area contributed by atoms with Gasteiger partial charge in [0.1, 0.15) is 0 Å². The van der Waals surface area contributed by atoms with Crippen LogP contribution in [0.15, 0.2) is 182 Å². The second-order valence-electron chi connectivity index (χ2n) is 14.4. The van der Waals surface area contributed by atoms with Crippen LogP contribution >= 0.6 is 22.7 Å². The van der Waals surface area contributed by atoms with Gasteiger partial charge in [-0.05, 0) is 60.2 Å². The van der Waals surface area contributed by atoms with Crippen molar-refractivity contribution in [1.82, 2.24) is 19.5 Å². The molecule has 0 saturated heterocycles. The minimum Gasteiger partial charge on any atom is -0.309 e. The fourth-order valence-electron chi connectivity index (χ4n) is 8.47. The van der Waals surface area contributed by atoms with E-state index in [4.69, 9.17) is 15.0 Å². The highest BCUT2D eigenvalue weighted by Crippen LogP contribution is 2.46. The lowest BCUT2D eigenvalue weighted by Crippen LogP contribution is -2.00. The van der Waals surface area contributed by atoms with Crippen molar-refractivity contribution in [3.05, 3.63) is 182 Å². The summed E-state index contributed by atoms with van der Waals surface area (Å²) in [5.41, 5.74) is 8.99. The van der Waals surface area contributed by atoms with Crippen LogP contribution in [0.1, 0.15) is 0 Å². The lowest BCUT2D eigenvalue weighted by atomic mass is 9.97. The zero-order chi connectivity index (χ0) is 37.5. The first kappa shape index (κ1) is 32.3. The molecule has 57 heavy (non-hydrogen) atoms. The third kappa shape index (κ3) is 5.15. The summed E-state index contributed by atoms with van der Waals surface area (Å²) in [6, 6.07) is 64.9. The van der Waals surface area contributed by atoms with Crippen LogP contribution in [-0.4, -0.2) is 19.5 Å². The lowest BCUT2D eigenvalue weighted by Gasteiger charge is -2.09. The van der Waals surface area contributed by atoms with Crippen molar-refractivity contribution >= 4 is 84.8 Å². The first-order valence-corrected chi connectivity index (χ1v) is 20.7. The minimum absolute atomic E-state index is 0.659. The molecule has 0 aliphatic rings. The standard InChI is InChI=1S/C51H30N4S2/c1-3-13-31(14-4-1)49-52-50(32-15-5-2-6-16-32)54-51(53-49)33-25-27-45-41(29-33)47-37(19-12-24-46(47)56-45)38-20-11-21-39-40-30-34(26-28-44(40)57-48(38)39)55-42-22-9-7-17-35(42)36-18-8-10-23-43(36)55/h1-30H. The molecule has 0 atom stereocenters. The maximum atomic E-state index is 5.06. The van der Waals surface area contributed by atoms with Gasteiger partial charge in [0, 0.05) is 79.1 Å². The Hall–Kier alpha value is -6.99. The molecular formula is C51H30N4S2. The molecule has 0 amide bonds. The molecule has 0 radical (unpaired) electrons. The Bertz CT molecular complexity index is 3410. The maximum Gasteiger partial charge on any atom is 0.164 e. The Morgan fingerprint density at radius 1 is 0.351 bits per heavy atom. The molecule has 12 aromatic rings. The van der Waals surface area contributed by atoms with Gasteiger partial charge in [0.2, 0.25) is 0 Å². The zero-order valence-corrected chi connectivity index (χ0v) is 32.1. The summed E-state index contributed by atoms with van der Waals surface area (Å²) in [7, 11) is 0. The fourth-order valence-corrected chi connectivity index (χ4v) is 10.8. The second kappa shape index (κ2) is 12.8. The van der Waals surface area contributed by atoms with Gasteiger partial charge in [0.05, 0.1) is 11.0 Å². The highest BCUT2D eigenvalue weighted by molar-refractivity contribution is 7.26. The first-order valence-electron chi connectivity index (χ1n) is 19.0. The molecule has 0 aliphatic heterocycles. The molecule has 4 nitrogen and oxygen atoms in total. The SMILES string of the molecule is c1ccc(-c2nc(-c3ccccc3)nc(-c3ccc4sc5cccc(-c6cccc7c6sc6ccc(-n8c9ccccc9c9ccccc98)cc67)c5c4c3)n2)cc1. The monoisotopic (exact) mass is 762 g/mol. The third-order valence-corrected chi connectivity index (χ3v) is 13.4. The first-order chi connectivity index (χ1) is 28.2. The number of hydrogen-bond acceptors (Lipinski definition) is 5. The Morgan fingerprint density at radius 3 is 1.61 bits per heavy atom. The Kier molecular flexibility index (Phi) is 7.24. The van der Waals surface area contributed by atoms with E-state index in [1.807, 2.05) is 59.1 Å². The van der Waals surface area contributed by atoms with E-state index >= 15 is 0 Å². The van der Waals surface area contributed by atoms with Crippen LogP contribution in [0.2, 0.25) is 0 Å². The van der Waals surface area contributed by atoms with Crippen molar-refractivity contribution in [3.63, 3.8) is 0 Å². The summed E-state index contributed by atoms with van der Waals surface area (Å²) in [6.07, 6.45) is 0. The number of para-hydroxylation sites is 2. The molecular weight excluding hydrogens is 733 g/mol. The van der Waals surface area contributed by atoms with E-state index < -0.39 is 0 Å². The van der Waals surface area contributed by atoms with Gasteiger partial charge < -0.3 is 4.57 Å². The summed E-state index contributed by atoms with van der Waals surface area (Å²) in [4.78, 5) is 15.0. The van der Waals surface area contributed by atoms with Gasteiger partial charge in [0.25, 0.3) is 0 Å². The largest absolute Gasteiger partial charge is 0.309 e. The van der Waals surface area contributed by atoms with E-state index in [9.17, 15) is 0 Å². The van der Waals surface area contributed by atoms with Crippen LogP contribution < -0.4 is 0 Å². The molecule has 0 unspecified atom stereocenters. The Balaban J connectivity index is 1.03. The fraction of sp³-hybridized carbons (Fsp3) is 0. The van der Waals surface area contributed by atoms with Crippen LogP contribution in [0.5, 0.6) is 0 Å². The van der Waals surface area contributed by atoms with Crippen molar-refractivity contribution in [1.29, 1.82) is 0 Å². The third-order valence-electron chi connectivity index (χ3n) is 11.1. The summed E-state index contributed by atoms with van der Waals surface area (Å²) < 4.78 is 7.49. The van der Waals surface area contributed by atoms with Crippen LogP contribution in [0.4, 0.5) is 0 Å². The van der Waals surface area contributed by atoms with E-state index in [1.165, 1.54) is 79.0 Å². The lowest BCUT2D eigenvalue weighted by molar-refractivity contribution is 1.07. The maximum absolute atomic E-state index is 5.06. The number of aromatic nitrogens is 4. The van der Waals surface area contributed by atoms with Crippen molar-refractivity contribution in [2.75, 3.05) is 0 Å². The van der Waals surface area contributed by atoms with Crippen LogP contribution in [-0.2, 0) is 0 Å². The molecule has 266 valence electrons. The van der Waals surface area contributed by atoms with Crippen molar-refractivity contribution < 1.29 is 0 Å².